The topological polar surface area (TPSA) is 78.4 Å². The SMILES string of the molecule is O=C(Cn1nc2n(CCc3ccccc3)c(=O)c3sccc3n2c1=O)c1ccccc1Cl. The van der Waals surface area contributed by atoms with Crippen LogP contribution in [0.3, 0.4) is 0 Å². The number of hydrogen-bond acceptors (Lipinski definition) is 5. The molecule has 7 nitrogen and oxygen atoms in total. The van der Waals surface area contributed by atoms with Gasteiger partial charge in [-0.15, -0.1) is 16.4 Å². The highest BCUT2D eigenvalue weighted by Crippen LogP contribution is 2.19. The molecule has 5 rings (SSSR count). The summed E-state index contributed by atoms with van der Waals surface area (Å²) in [4.78, 5) is 39.1. The first-order chi connectivity index (χ1) is 15.5. The number of benzene rings is 2. The van der Waals surface area contributed by atoms with Gasteiger partial charge < -0.3 is 0 Å². The average molecular weight is 465 g/mol. The van der Waals surface area contributed by atoms with E-state index >= 15 is 0 Å². The van der Waals surface area contributed by atoms with Crippen LogP contribution < -0.4 is 11.2 Å². The van der Waals surface area contributed by atoms with Crippen LogP contribution in [-0.4, -0.2) is 24.5 Å². The Labute approximate surface area is 190 Å². The highest BCUT2D eigenvalue weighted by Gasteiger charge is 2.20. The molecule has 0 aliphatic heterocycles. The number of fused-ring (bicyclic) bond motifs is 3. The molecule has 0 radical (unpaired) electrons. The number of aromatic nitrogens is 4. The number of nitrogens with zero attached hydrogens (tertiary/aromatic N) is 4. The lowest BCUT2D eigenvalue weighted by Gasteiger charge is -2.08. The first-order valence-corrected chi connectivity index (χ1v) is 11.2. The van der Waals surface area contributed by atoms with Gasteiger partial charge in [-0.25, -0.2) is 13.9 Å². The molecule has 0 N–H and O–H groups in total. The van der Waals surface area contributed by atoms with E-state index in [0.717, 1.165) is 10.2 Å². The maximum absolute atomic E-state index is 13.2. The summed E-state index contributed by atoms with van der Waals surface area (Å²) >= 11 is 7.42. The van der Waals surface area contributed by atoms with Crippen molar-refractivity contribution in [3.8, 4) is 0 Å². The highest BCUT2D eigenvalue weighted by atomic mass is 35.5. The second kappa shape index (κ2) is 8.22. The van der Waals surface area contributed by atoms with Gasteiger partial charge >= 0.3 is 5.69 Å². The largest absolute Gasteiger partial charge is 0.352 e. The van der Waals surface area contributed by atoms with E-state index in [4.69, 9.17) is 11.6 Å². The van der Waals surface area contributed by atoms with Crippen molar-refractivity contribution in [2.24, 2.45) is 0 Å². The number of carbonyl (C=O) groups excluding carboxylic acids is 1. The lowest BCUT2D eigenvalue weighted by Crippen LogP contribution is -2.27. The number of thiophene rings is 1. The summed E-state index contributed by atoms with van der Waals surface area (Å²) in [5.74, 6) is -0.116. The molecule has 32 heavy (non-hydrogen) atoms. The lowest BCUT2D eigenvalue weighted by atomic mass is 10.1. The second-order valence-electron chi connectivity index (χ2n) is 7.31. The summed E-state index contributed by atoms with van der Waals surface area (Å²) in [6.45, 7) is 0.0812. The fourth-order valence-electron chi connectivity index (χ4n) is 3.73. The molecule has 3 heterocycles. The molecule has 0 saturated heterocycles. The Kier molecular flexibility index (Phi) is 5.24. The minimum Gasteiger partial charge on any atom is -0.292 e. The van der Waals surface area contributed by atoms with Crippen molar-refractivity contribution >= 4 is 44.7 Å². The predicted octanol–water partition coefficient (Wildman–Crippen LogP) is 3.65. The molecule has 0 unspecified atom stereocenters. The molecule has 9 heteroatoms. The third-order valence-corrected chi connectivity index (χ3v) is 6.54. The zero-order chi connectivity index (χ0) is 22.2. The minimum absolute atomic E-state index is 0.201. The van der Waals surface area contributed by atoms with Crippen LogP contribution in [0.2, 0.25) is 5.02 Å². The van der Waals surface area contributed by atoms with E-state index in [-0.39, 0.29) is 23.7 Å². The van der Waals surface area contributed by atoms with E-state index in [2.05, 4.69) is 5.10 Å². The Balaban J connectivity index is 1.62. The van der Waals surface area contributed by atoms with E-state index in [1.165, 1.54) is 20.3 Å². The lowest BCUT2D eigenvalue weighted by molar-refractivity contribution is 0.0966. The second-order valence-corrected chi connectivity index (χ2v) is 8.63. The molecule has 0 aliphatic carbocycles. The summed E-state index contributed by atoms with van der Waals surface area (Å²) in [6, 6.07) is 18.2. The van der Waals surface area contributed by atoms with Gasteiger partial charge in [0.05, 0.1) is 10.5 Å². The monoisotopic (exact) mass is 464 g/mol. The number of ketones is 1. The smallest absolute Gasteiger partial charge is 0.292 e. The van der Waals surface area contributed by atoms with Crippen molar-refractivity contribution in [1.82, 2.24) is 18.7 Å². The summed E-state index contributed by atoms with van der Waals surface area (Å²) in [5.41, 5.74) is 1.21. The first-order valence-electron chi connectivity index (χ1n) is 9.96. The van der Waals surface area contributed by atoms with E-state index in [0.29, 0.717) is 33.8 Å². The first kappa shape index (κ1) is 20.4. The molecule has 160 valence electrons. The molecule has 5 aromatic rings. The summed E-state index contributed by atoms with van der Waals surface area (Å²) in [7, 11) is 0. The Morgan fingerprint density at radius 1 is 1.00 bits per heavy atom. The van der Waals surface area contributed by atoms with Crippen molar-refractivity contribution in [3.63, 3.8) is 0 Å². The van der Waals surface area contributed by atoms with E-state index in [9.17, 15) is 14.4 Å². The summed E-state index contributed by atoms with van der Waals surface area (Å²) < 4.78 is 4.47. The highest BCUT2D eigenvalue weighted by molar-refractivity contribution is 7.17. The van der Waals surface area contributed by atoms with Crippen molar-refractivity contribution in [2.75, 3.05) is 0 Å². The molecule has 0 saturated carbocycles. The summed E-state index contributed by atoms with van der Waals surface area (Å²) in [5, 5.41) is 6.46. The van der Waals surface area contributed by atoms with Gasteiger partial charge in [-0.3, -0.25) is 14.2 Å². The zero-order valence-corrected chi connectivity index (χ0v) is 18.3. The predicted molar refractivity (Wildman–Crippen MR) is 125 cm³/mol. The fraction of sp³-hybridized carbons (Fsp3) is 0.130. The molecule has 0 atom stereocenters. The number of halogens is 1. The van der Waals surface area contributed by atoms with Crippen molar-refractivity contribution in [2.45, 2.75) is 19.5 Å². The Bertz CT molecular complexity index is 1580. The standard InChI is InChI=1S/C23H17ClN4O3S/c24-17-9-5-4-8-16(17)19(29)14-27-23(31)28-18-11-13-32-20(18)21(30)26(22(28)25-27)12-10-15-6-2-1-3-7-15/h1-9,11,13H,10,12,14H2. The van der Waals surface area contributed by atoms with Crippen LogP contribution in [0.25, 0.3) is 16.0 Å². The van der Waals surface area contributed by atoms with Crippen LogP contribution in [0.4, 0.5) is 0 Å². The van der Waals surface area contributed by atoms with Gasteiger partial charge in [0.15, 0.2) is 5.78 Å². The number of rotatable bonds is 6. The molecular weight excluding hydrogens is 448 g/mol. The quantitative estimate of drug-likeness (QED) is 0.359. The molecule has 3 aromatic heterocycles. The fourth-order valence-corrected chi connectivity index (χ4v) is 4.80. The number of carbonyl (C=O) groups is 1. The van der Waals surface area contributed by atoms with E-state index in [1.807, 2.05) is 30.3 Å². The molecule has 0 bridgehead atoms. The van der Waals surface area contributed by atoms with Gasteiger partial charge in [0.25, 0.3) is 5.56 Å². The minimum atomic E-state index is -0.475. The molecule has 0 aliphatic rings. The maximum atomic E-state index is 13.2. The third-order valence-electron chi connectivity index (χ3n) is 5.32. The van der Waals surface area contributed by atoms with Crippen LogP contribution in [0.5, 0.6) is 0 Å². The van der Waals surface area contributed by atoms with Crippen LogP contribution in [0.1, 0.15) is 15.9 Å². The van der Waals surface area contributed by atoms with E-state index < -0.39 is 5.69 Å². The van der Waals surface area contributed by atoms with Gasteiger partial charge in [-0.2, -0.15) is 0 Å². The molecular formula is C23H17ClN4O3S. The Morgan fingerprint density at radius 3 is 2.53 bits per heavy atom. The molecule has 0 spiro atoms. The van der Waals surface area contributed by atoms with Gasteiger partial charge in [0, 0.05) is 12.1 Å². The van der Waals surface area contributed by atoms with Crippen molar-refractivity contribution < 1.29 is 4.79 Å². The Hall–Kier alpha value is -3.49. The number of Topliss-reactive ketones (excluding diaryl/α,β-unsaturated/α-hetero) is 1. The average Bonchev–Trinajstić information content (AvgIpc) is 3.40. The number of aryl methyl sites for hydroxylation is 2. The van der Waals surface area contributed by atoms with Gasteiger partial charge in [0.1, 0.15) is 11.2 Å². The van der Waals surface area contributed by atoms with Crippen LogP contribution in [-0.2, 0) is 19.5 Å². The normalized spacial score (nSPS) is 11.4. The Morgan fingerprint density at radius 2 is 1.75 bits per heavy atom. The van der Waals surface area contributed by atoms with Crippen LogP contribution >= 0.6 is 22.9 Å². The third kappa shape index (κ3) is 3.47. The molecule has 2 aromatic carbocycles. The summed E-state index contributed by atoms with van der Waals surface area (Å²) in [6.07, 6.45) is 0.604. The van der Waals surface area contributed by atoms with Gasteiger partial charge in [-0.05, 0) is 35.6 Å². The van der Waals surface area contributed by atoms with Gasteiger partial charge in [0.2, 0.25) is 5.78 Å². The van der Waals surface area contributed by atoms with Crippen molar-refractivity contribution in [1.29, 1.82) is 0 Å². The maximum Gasteiger partial charge on any atom is 0.352 e. The molecule has 0 fully saturated rings. The van der Waals surface area contributed by atoms with Gasteiger partial charge in [-0.1, -0.05) is 54.1 Å². The van der Waals surface area contributed by atoms with Crippen LogP contribution in [0, 0.1) is 0 Å². The van der Waals surface area contributed by atoms with Crippen LogP contribution in [0.15, 0.2) is 75.6 Å². The zero-order valence-electron chi connectivity index (χ0n) is 16.8. The van der Waals surface area contributed by atoms with E-state index in [1.54, 1.807) is 35.7 Å². The number of hydrogen-bond donors (Lipinski definition) is 0. The molecule has 0 amide bonds. The van der Waals surface area contributed by atoms with Crippen molar-refractivity contribution in [3.05, 3.63) is 103 Å².